The van der Waals surface area contributed by atoms with E-state index in [2.05, 4.69) is 37.0 Å². The SMILES string of the molecule is Cc1ccc(C(C)C)cc1-c1cc(Cl)[nH]c(=O)c1. The number of nitrogens with one attached hydrogen (secondary N) is 1. The molecule has 0 bridgehead atoms. The minimum absolute atomic E-state index is 0.174. The first-order valence-corrected chi connectivity index (χ1v) is 6.36. The van der Waals surface area contributed by atoms with Crippen LogP contribution >= 0.6 is 11.6 Å². The van der Waals surface area contributed by atoms with Gasteiger partial charge in [0.25, 0.3) is 0 Å². The van der Waals surface area contributed by atoms with Crippen molar-refractivity contribution in [3.05, 3.63) is 57.0 Å². The number of aromatic amines is 1. The number of halogens is 1. The molecule has 0 saturated heterocycles. The van der Waals surface area contributed by atoms with Crippen LogP contribution < -0.4 is 5.56 Å². The van der Waals surface area contributed by atoms with Crippen molar-refractivity contribution in [3.8, 4) is 11.1 Å². The highest BCUT2D eigenvalue weighted by Crippen LogP contribution is 2.27. The van der Waals surface area contributed by atoms with E-state index in [1.54, 1.807) is 12.1 Å². The lowest BCUT2D eigenvalue weighted by atomic mass is 9.94. The van der Waals surface area contributed by atoms with Gasteiger partial charge in [-0.1, -0.05) is 43.6 Å². The molecule has 0 amide bonds. The largest absolute Gasteiger partial charge is 0.313 e. The molecular weight excluding hydrogens is 246 g/mol. The highest BCUT2D eigenvalue weighted by molar-refractivity contribution is 6.29. The van der Waals surface area contributed by atoms with Crippen LogP contribution in [0, 0.1) is 6.92 Å². The van der Waals surface area contributed by atoms with Gasteiger partial charge < -0.3 is 4.98 Å². The highest BCUT2D eigenvalue weighted by atomic mass is 35.5. The van der Waals surface area contributed by atoms with E-state index >= 15 is 0 Å². The van der Waals surface area contributed by atoms with Crippen LogP contribution in [0.1, 0.15) is 30.9 Å². The highest BCUT2D eigenvalue weighted by Gasteiger charge is 2.07. The third-order valence-electron chi connectivity index (χ3n) is 3.05. The van der Waals surface area contributed by atoms with E-state index in [0.29, 0.717) is 11.1 Å². The van der Waals surface area contributed by atoms with E-state index < -0.39 is 0 Å². The molecule has 0 unspecified atom stereocenters. The number of rotatable bonds is 2. The Hall–Kier alpha value is -1.54. The van der Waals surface area contributed by atoms with E-state index in [0.717, 1.165) is 16.7 Å². The molecule has 1 aromatic carbocycles. The molecule has 0 spiro atoms. The number of pyridine rings is 1. The molecule has 2 nitrogen and oxygen atoms in total. The second kappa shape index (κ2) is 4.99. The lowest BCUT2D eigenvalue weighted by molar-refractivity contribution is 0.866. The molecule has 0 atom stereocenters. The maximum atomic E-state index is 11.5. The molecule has 0 fully saturated rings. The summed E-state index contributed by atoms with van der Waals surface area (Å²) in [5.41, 5.74) is 4.15. The Balaban J connectivity index is 2.62. The average molecular weight is 262 g/mol. The molecule has 94 valence electrons. The van der Waals surface area contributed by atoms with Crippen LogP contribution in [0.4, 0.5) is 0 Å². The Morgan fingerprint density at radius 3 is 2.50 bits per heavy atom. The lowest BCUT2D eigenvalue weighted by Crippen LogP contribution is -2.04. The molecule has 0 aliphatic rings. The fourth-order valence-corrected chi connectivity index (χ4v) is 2.19. The van der Waals surface area contributed by atoms with Gasteiger partial charge in [0.1, 0.15) is 5.15 Å². The zero-order valence-corrected chi connectivity index (χ0v) is 11.5. The summed E-state index contributed by atoms with van der Waals surface area (Å²) in [6, 6.07) is 9.71. The predicted octanol–water partition coefficient (Wildman–Crippen LogP) is 4.13. The van der Waals surface area contributed by atoms with Gasteiger partial charge in [-0.25, -0.2) is 0 Å². The number of aryl methyl sites for hydroxylation is 1. The van der Waals surface area contributed by atoms with Crippen LogP contribution in [0.5, 0.6) is 0 Å². The summed E-state index contributed by atoms with van der Waals surface area (Å²) in [6.45, 7) is 6.34. The van der Waals surface area contributed by atoms with Gasteiger partial charge in [0.15, 0.2) is 0 Å². The van der Waals surface area contributed by atoms with Gasteiger partial charge in [0.2, 0.25) is 5.56 Å². The van der Waals surface area contributed by atoms with Crippen LogP contribution in [0.2, 0.25) is 5.15 Å². The van der Waals surface area contributed by atoms with E-state index in [4.69, 9.17) is 11.6 Å². The Bertz CT molecular complexity index is 629. The van der Waals surface area contributed by atoms with Crippen molar-refractivity contribution < 1.29 is 0 Å². The number of hydrogen-bond donors (Lipinski definition) is 1. The van der Waals surface area contributed by atoms with Crippen molar-refractivity contribution in [2.24, 2.45) is 0 Å². The summed E-state index contributed by atoms with van der Waals surface area (Å²) < 4.78 is 0. The van der Waals surface area contributed by atoms with E-state index in [1.807, 2.05) is 6.92 Å². The molecule has 3 heteroatoms. The maximum Gasteiger partial charge on any atom is 0.249 e. The molecule has 1 N–H and O–H groups in total. The maximum absolute atomic E-state index is 11.5. The van der Waals surface area contributed by atoms with E-state index in [1.165, 1.54) is 5.56 Å². The predicted molar refractivity (Wildman–Crippen MR) is 76.3 cm³/mol. The van der Waals surface area contributed by atoms with Crippen LogP contribution in [-0.2, 0) is 0 Å². The van der Waals surface area contributed by atoms with Gasteiger partial charge in [0, 0.05) is 6.07 Å². The summed E-state index contributed by atoms with van der Waals surface area (Å²) in [5.74, 6) is 0.460. The van der Waals surface area contributed by atoms with Gasteiger partial charge in [-0.15, -0.1) is 0 Å². The van der Waals surface area contributed by atoms with Crippen molar-refractivity contribution in [1.82, 2.24) is 4.98 Å². The second-order valence-electron chi connectivity index (χ2n) is 4.81. The molecular formula is C15H16ClNO. The molecule has 0 aliphatic carbocycles. The van der Waals surface area contributed by atoms with Crippen LogP contribution in [0.3, 0.4) is 0 Å². The van der Waals surface area contributed by atoms with Crippen molar-refractivity contribution in [3.63, 3.8) is 0 Å². The number of benzene rings is 1. The molecule has 1 aromatic heterocycles. The summed E-state index contributed by atoms with van der Waals surface area (Å²) >= 11 is 5.90. The third-order valence-corrected chi connectivity index (χ3v) is 3.25. The Morgan fingerprint density at radius 2 is 1.89 bits per heavy atom. The Kier molecular flexibility index (Phi) is 3.58. The molecule has 0 aliphatic heterocycles. The van der Waals surface area contributed by atoms with Crippen molar-refractivity contribution in [2.75, 3.05) is 0 Å². The van der Waals surface area contributed by atoms with Crippen molar-refractivity contribution in [1.29, 1.82) is 0 Å². The molecule has 0 saturated carbocycles. The zero-order chi connectivity index (χ0) is 13.3. The van der Waals surface area contributed by atoms with Crippen LogP contribution in [-0.4, -0.2) is 4.98 Å². The smallest absolute Gasteiger partial charge is 0.249 e. The molecule has 0 radical (unpaired) electrons. The minimum atomic E-state index is -0.174. The number of aromatic nitrogens is 1. The van der Waals surface area contributed by atoms with E-state index in [-0.39, 0.29) is 5.56 Å². The minimum Gasteiger partial charge on any atom is -0.313 e. The van der Waals surface area contributed by atoms with Gasteiger partial charge in [-0.2, -0.15) is 0 Å². The standard InChI is InChI=1S/C15H16ClNO/c1-9(2)11-5-4-10(3)13(6-11)12-7-14(16)17-15(18)8-12/h4-9H,1-3H3,(H,17,18). The fourth-order valence-electron chi connectivity index (χ4n) is 1.97. The summed E-state index contributed by atoms with van der Waals surface area (Å²) in [4.78, 5) is 14.0. The molecule has 18 heavy (non-hydrogen) atoms. The van der Waals surface area contributed by atoms with E-state index in [9.17, 15) is 4.79 Å². The third kappa shape index (κ3) is 2.65. The fraction of sp³-hybridized carbons (Fsp3) is 0.267. The average Bonchev–Trinajstić information content (AvgIpc) is 2.27. The molecule has 2 rings (SSSR count). The van der Waals surface area contributed by atoms with Crippen LogP contribution in [0.25, 0.3) is 11.1 Å². The van der Waals surface area contributed by atoms with Crippen molar-refractivity contribution >= 4 is 11.6 Å². The van der Waals surface area contributed by atoms with Gasteiger partial charge in [-0.05, 0) is 41.2 Å². The van der Waals surface area contributed by atoms with Gasteiger partial charge in [-0.3, -0.25) is 4.79 Å². The van der Waals surface area contributed by atoms with Crippen molar-refractivity contribution in [2.45, 2.75) is 26.7 Å². The quantitative estimate of drug-likeness (QED) is 0.810. The first-order valence-electron chi connectivity index (χ1n) is 5.98. The first-order chi connectivity index (χ1) is 8.47. The monoisotopic (exact) mass is 261 g/mol. The topological polar surface area (TPSA) is 32.9 Å². The summed E-state index contributed by atoms with van der Waals surface area (Å²) in [7, 11) is 0. The Morgan fingerprint density at radius 1 is 1.17 bits per heavy atom. The Labute approximate surface area is 112 Å². The number of hydrogen-bond acceptors (Lipinski definition) is 1. The van der Waals surface area contributed by atoms with Gasteiger partial charge >= 0.3 is 0 Å². The summed E-state index contributed by atoms with van der Waals surface area (Å²) in [6.07, 6.45) is 0. The lowest BCUT2D eigenvalue weighted by Gasteiger charge is -2.11. The van der Waals surface area contributed by atoms with Crippen LogP contribution in [0.15, 0.2) is 35.1 Å². The normalized spacial score (nSPS) is 10.9. The zero-order valence-electron chi connectivity index (χ0n) is 10.8. The first kappa shape index (κ1) is 12.9. The van der Waals surface area contributed by atoms with Gasteiger partial charge in [0.05, 0.1) is 0 Å². The second-order valence-corrected chi connectivity index (χ2v) is 5.22. The molecule has 1 heterocycles. The molecule has 2 aromatic rings. The number of H-pyrrole nitrogens is 1. The summed E-state index contributed by atoms with van der Waals surface area (Å²) in [5, 5.41) is 0.367.